The van der Waals surface area contributed by atoms with Crippen LogP contribution in [0, 0.1) is 0 Å². The molecule has 5 heteroatoms. The Morgan fingerprint density at radius 3 is 2.59 bits per heavy atom. The third-order valence-electron chi connectivity index (χ3n) is 2.15. The number of halogens is 3. The van der Waals surface area contributed by atoms with Crippen LogP contribution in [0.1, 0.15) is 17.5 Å². The Labute approximate surface area is 104 Å². The minimum Gasteiger partial charge on any atom is -0.496 e. The maximum absolute atomic E-state index is 12.5. The van der Waals surface area contributed by atoms with Crippen LogP contribution in [0.4, 0.5) is 13.2 Å². The number of allylic oxidation sites excluding steroid dienone is 1. The van der Waals surface area contributed by atoms with Gasteiger partial charge in [-0.15, -0.1) is 0 Å². The van der Waals surface area contributed by atoms with Crippen LogP contribution in [-0.4, -0.2) is 12.9 Å². The second-order valence-corrected chi connectivity index (χ2v) is 3.82. The summed E-state index contributed by atoms with van der Waals surface area (Å²) in [5, 5.41) is 0. The van der Waals surface area contributed by atoms with Gasteiger partial charge in [0.2, 0.25) is 0 Å². The summed E-state index contributed by atoms with van der Waals surface area (Å²) in [5.41, 5.74) is -0.0806. The summed E-state index contributed by atoms with van der Waals surface area (Å²) >= 11 is 4.04. The third-order valence-corrected chi connectivity index (χ3v) is 2.41. The number of methoxy groups -OCH3 is 1. The molecule has 17 heavy (non-hydrogen) atoms. The van der Waals surface area contributed by atoms with Crippen LogP contribution in [0.2, 0.25) is 0 Å². The van der Waals surface area contributed by atoms with E-state index in [1.165, 1.54) is 13.2 Å². The highest BCUT2D eigenvalue weighted by Gasteiger charge is 2.31. The highest BCUT2D eigenvalue weighted by molar-refractivity contribution is 7.80. The Morgan fingerprint density at radius 1 is 1.35 bits per heavy atom. The number of rotatable bonds is 4. The molecule has 0 aromatic heterocycles. The topological polar surface area (TPSA) is 9.23 Å². The molecule has 0 spiro atoms. The van der Waals surface area contributed by atoms with Gasteiger partial charge in [-0.25, -0.2) is 0 Å². The molecular weight excluding hydrogens is 249 g/mol. The minimum atomic E-state index is -4.35. The molecule has 0 saturated carbocycles. The van der Waals surface area contributed by atoms with Crippen LogP contribution in [0.15, 0.2) is 24.3 Å². The fourth-order valence-corrected chi connectivity index (χ4v) is 1.46. The molecule has 0 amide bonds. The first kappa shape index (κ1) is 14.0. The maximum Gasteiger partial charge on any atom is 0.416 e. The van der Waals surface area contributed by atoms with Gasteiger partial charge in [-0.05, 0) is 24.3 Å². The van der Waals surface area contributed by atoms with E-state index < -0.39 is 11.7 Å². The van der Waals surface area contributed by atoms with E-state index in [-0.39, 0.29) is 5.75 Å². The molecule has 0 saturated heterocycles. The van der Waals surface area contributed by atoms with E-state index in [2.05, 4.69) is 12.6 Å². The van der Waals surface area contributed by atoms with Crippen molar-refractivity contribution in [2.24, 2.45) is 0 Å². The largest absolute Gasteiger partial charge is 0.496 e. The molecule has 0 aliphatic carbocycles. The van der Waals surface area contributed by atoms with E-state index in [0.717, 1.165) is 18.6 Å². The van der Waals surface area contributed by atoms with Gasteiger partial charge < -0.3 is 4.74 Å². The maximum atomic E-state index is 12.5. The zero-order chi connectivity index (χ0) is 12.9. The second-order valence-electron chi connectivity index (χ2n) is 3.37. The number of alkyl halides is 3. The quantitative estimate of drug-likeness (QED) is 0.805. The fraction of sp³-hybridized carbons (Fsp3) is 0.333. The summed E-state index contributed by atoms with van der Waals surface area (Å²) in [6, 6.07) is 3.44. The van der Waals surface area contributed by atoms with Crippen molar-refractivity contribution in [2.45, 2.75) is 12.6 Å². The normalized spacial score (nSPS) is 12.1. The second kappa shape index (κ2) is 6.00. The van der Waals surface area contributed by atoms with Gasteiger partial charge in [0, 0.05) is 5.56 Å². The molecule has 0 radical (unpaired) electrons. The molecule has 0 atom stereocenters. The van der Waals surface area contributed by atoms with E-state index in [1.807, 2.05) is 6.08 Å². The van der Waals surface area contributed by atoms with Crippen LogP contribution < -0.4 is 4.74 Å². The lowest BCUT2D eigenvalue weighted by Crippen LogP contribution is -2.05. The number of hydrogen-bond donors (Lipinski definition) is 1. The number of ether oxygens (including phenoxy) is 1. The predicted molar refractivity (Wildman–Crippen MR) is 65.5 cm³/mol. The summed E-state index contributed by atoms with van der Waals surface area (Å²) in [6.07, 6.45) is -0.0127. The first-order valence-corrected chi connectivity index (χ1v) is 5.65. The number of hydrogen-bond acceptors (Lipinski definition) is 2. The molecule has 94 valence electrons. The lowest BCUT2D eigenvalue weighted by Gasteiger charge is -2.10. The first-order valence-electron chi connectivity index (χ1n) is 5.01. The molecule has 1 rings (SSSR count). The minimum absolute atomic E-state index is 0.218. The van der Waals surface area contributed by atoms with Gasteiger partial charge in [0.05, 0.1) is 12.7 Å². The van der Waals surface area contributed by atoms with Gasteiger partial charge in [-0.1, -0.05) is 18.2 Å². The lowest BCUT2D eigenvalue weighted by molar-refractivity contribution is -0.137. The smallest absolute Gasteiger partial charge is 0.416 e. The highest BCUT2D eigenvalue weighted by atomic mass is 32.1. The van der Waals surface area contributed by atoms with Crippen molar-refractivity contribution in [1.29, 1.82) is 0 Å². The molecule has 0 fully saturated rings. The van der Waals surface area contributed by atoms with Crippen molar-refractivity contribution in [3.8, 4) is 5.75 Å². The first-order chi connectivity index (χ1) is 7.99. The standard InChI is InChI=1S/C12H13F3OS/c1-16-11-8-10(12(13,14)15)6-5-9(11)4-2-3-7-17/h2,4-6,8,17H,3,7H2,1H3. The molecule has 1 aromatic rings. The summed E-state index contributed by atoms with van der Waals surface area (Å²) in [7, 11) is 1.35. The molecule has 1 nitrogen and oxygen atoms in total. The van der Waals surface area contributed by atoms with Gasteiger partial charge in [0.15, 0.2) is 0 Å². The Hall–Kier alpha value is -1.10. The van der Waals surface area contributed by atoms with Crippen LogP contribution in [0.3, 0.4) is 0 Å². The van der Waals surface area contributed by atoms with Crippen molar-refractivity contribution in [2.75, 3.05) is 12.9 Å². The summed E-state index contributed by atoms with van der Waals surface area (Å²) in [4.78, 5) is 0. The van der Waals surface area contributed by atoms with E-state index in [0.29, 0.717) is 11.3 Å². The lowest BCUT2D eigenvalue weighted by atomic mass is 10.1. The van der Waals surface area contributed by atoms with Crippen LogP contribution in [0.5, 0.6) is 5.75 Å². The number of benzene rings is 1. The monoisotopic (exact) mass is 262 g/mol. The zero-order valence-corrected chi connectivity index (χ0v) is 10.2. The van der Waals surface area contributed by atoms with Crippen molar-refractivity contribution in [1.82, 2.24) is 0 Å². The molecule has 0 aliphatic rings. The van der Waals surface area contributed by atoms with E-state index >= 15 is 0 Å². The van der Waals surface area contributed by atoms with Crippen molar-refractivity contribution < 1.29 is 17.9 Å². The van der Waals surface area contributed by atoms with E-state index in [9.17, 15) is 13.2 Å². The molecule has 0 bridgehead atoms. The molecule has 0 N–H and O–H groups in total. The van der Waals surface area contributed by atoms with Gasteiger partial charge in [-0.2, -0.15) is 25.8 Å². The molecule has 1 aromatic carbocycles. The molecule has 0 heterocycles. The Kier molecular flexibility index (Phi) is 4.93. The van der Waals surface area contributed by atoms with Crippen molar-refractivity contribution in [3.05, 3.63) is 35.4 Å². The summed E-state index contributed by atoms with van der Waals surface area (Å²) < 4.78 is 42.3. The van der Waals surface area contributed by atoms with E-state index in [4.69, 9.17) is 4.74 Å². The van der Waals surface area contributed by atoms with Gasteiger partial charge >= 0.3 is 6.18 Å². The average molecular weight is 262 g/mol. The van der Waals surface area contributed by atoms with Gasteiger partial charge in [0.1, 0.15) is 5.75 Å². The molecule has 0 aliphatic heterocycles. The SMILES string of the molecule is COc1cc(C(F)(F)F)ccc1C=CCCS. The summed E-state index contributed by atoms with van der Waals surface area (Å²) in [6.45, 7) is 0. The highest BCUT2D eigenvalue weighted by Crippen LogP contribution is 2.33. The van der Waals surface area contributed by atoms with Crippen LogP contribution in [-0.2, 0) is 6.18 Å². The predicted octanol–water partition coefficient (Wildman–Crippen LogP) is 4.05. The third kappa shape index (κ3) is 4.00. The average Bonchev–Trinajstić information content (AvgIpc) is 2.28. The fourth-order valence-electron chi connectivity index (χ4n) is 1.31. The Morgan fingerprint density at radius 2 is 2.06 bits per heavy atom. The number of thiol groups is 1. The van der Waals surface area contributed by atoms with Crippen molar-refractivity contribution >= 4 is 18.7 Å². The Balaban J connectivity index is 3.01. The van der Waals surface area contributed by atoms with Crippen LogP contribution >= 0.6 is 12.6 Å². The summed E-state index contributed by atoms with van der Waals surface area (Å²) in [5.74, 6) is 0.912. The van der Waals surface area contributed by atoms with Crippen molar-refractivity contribution in [3.63, 3.8) is 0 Å². The zero-order valence-electron chi connectivity index (χ0n) is 9.29. The molecular formula is C12H13F3OS. The Bertz CT molecular complexity index is 399. The van der Waals surface area contributed by atoms with Gasteiger partial charge in [-0.3, -0.25) is 0 Å². The van der Waals surface area contributed by atoms with E-state index in [1.54, 1.807) is 6.08 Å². The van der Waals surface area contributed by atoms with Crippen LogP contribution in [0.25, 0.3) is 6.08 Å². The van der Waals surface area contributed by atoms with Gasteiger partial charge in [0.25, 0.3) is 0 Å². The molecule has 0 unspecified atom stereocenters.